The van der Waals surface area contributed by atoms with E-state index < -0.39 is 0 Å². The van der Waals surface area contributed by atoms with Gasteiger partial charge in [0.1, 0.15) is 17.8 Å². The standard InChI is InChI=1S/C24H32O6/c1-3-23(26)28-16-6-4-5-7-18(2)29-21-12-14-22(15-13-21)30-24(27)20-10-8-19(17-25)9-11-20/h3,12-15,17-20H,1,4-11,16H2,2H3. The first-order chi connectivity index (χ1) is 14.5. The van der Waals surface area contributed by atoms with Crippen LogP contribution in [0.4, 0.5) is 0 Å². The molecule has 164 valence electrons. The van der Waals surface area contributed by atoms with Crippen LogP contribution >= 0.6 is 0 Å². The highest BCUT2D eigenvalue weighted by Crippen LogP contribution is 2.29. The maximum absolute atomic E-state index is 12.3. The molecule has 2 rings (SSSR count). The molecule has 6 heteroatoms. The lowest BCUT2D eigenvalue weighted by molar-refractivity contribution is -0.140. The van der Waals surface area contributed by atoms with Crippen molar-refractivity contribution in [3.8, 4) is 11.5 Å². The van der Waals surface area contributed by atoms with Gasteiger partial charge in [0.15, 0.2) is 0 Å². The molecule has 0 saturated heterocycles. The third-order valence-electron chi connectivity index (χ3n) is 5.34. The molecule has 1 aliphatic rings. The van der Waals surface area contributed by atoms with Crippen LogP contribution in [0.5, 0.6) is 11.5 Å². The highest BCUT2D eigenvalue weighted by molar-refractivity contribution is 5.81. The van der Waals surface area contributed by atoms with E-state index in [0.717, 1.165) is 50.6 Å². The Balaban J connectivity index is 1.65. The maximum Gasteiger partial charge on any atom is 0.330 e. The lowest BCUT2D eigenvalue weighted by Gasteiger charge is -2.23. The topological polar surface area (TPSA) is 78.9 Å². The number of aldehydes is 1. The first kappa shape index (κ1) is 23.6. The van der Waals surface area contributed by atoms with Crippen LogP contribution in [0, 0.1) is 11.8 Å². The molecule has 0 heterocycles. The predicted octanol–water partition coefficient (Wildman–Crippen LogP) is 4.65. The van der Waals surface area contributed by atoms with Gasteiger partial charge in [-0.15, -0.1) is 0 Å². The van der Waals surface area contributed by atoms with Crippen molar-refractivity contribution in [2.45, 2.75) is 64.4 Å². The second kappa shape index (κ2) is 12.8. The summed E-state index contributed by atoms with van der Waals surface area (Å²) in [7, 11) is 0. The van der Waals surface area contributed by atoms with E-state index >= 15 is 0 Å². The summed E-state index contributed by atoms with van der Waals surface area (Å²) in [5, 5.41) is 0. The van der Waals surface area contributed by atoms with Crippen molar-refractivity contribution in [3.63, 3.8) is 0 Å². The van der Waals surface area contributed by atoms with Gasteiger partial charge in [0, 0.05) is 12.0 Å². The Morgan fingerprint density at radius 2 is 1.73 bits per heavy atom. The summed E-state index contributed by atoms with van der Waals surface area (Å²) >= 11 is 0. The predicted molar refractivity (Wildman–Crippen MR) is 113 cm³/mol. The van der Waals surface area contributed by atoms with Crippen molar-refractivity contribution in [3.05, 3.63) is 36.9 Å². The van der Waals surface area contributed by atoms with Crippen molar-refractivity contribution in [1.82, 2.24) is 0 Å². The van der Waals surface area contributed by atoms with Crippen LogP contribution in [-0.2, 0) is 19.1 Å². The first-order valence-corrected chi connectivity index (χ1v) is 10.7. The minimum atomic E-state index is -0.383. The summed E-state index contributed by atoms with van der Waals surface area (Å²) in [6.07, 6.45) is 8.80. The molecule has 0 amide bonds. The quantitative estimate of drug-likeness (QED) is 0.162. The molecule has 0 N–H and O–H groups in total. The van der Waals surface area contributed by atoms with Gasteiger partial charge >= 0.3 is 11.9 Å². The molecule has 1 fully saturated rings. The number of hydrogen-bond donors (Lipinski definition) is 0. The number of rotatable bonds is 12. The zero-order valence-electron chi connectivity index (χ0n) is 17.7. The molecular formula is C24H32O6. The van der Waals surface area contributed by atoms with Gasteiger partial charge in [0.05, 0.1) is 18.6 Å². The van der Waals surface area contributed by atoms with E-state index in [1.54, 1.807) is 24.3 Å². The molecule has 1 unspecified atom stereocenters. The molecule has 0 aliphatic heterocycles. The molecule has 1 saturated carbocycles. The van der Waals surface area contributed by atoms with Crippen LogP contribution in [0.1, 0.15) is 58.3 Å². The molecule has 0 bridgehead atoms. The number of esters is 2. The van der Waals surface area contributed by atoms with Crippen LogP contribution in [-0.4, -0.2) is 30.9 Å². The van der Waals surface area contributed by atoms with Crippen molar-refractivity contribution < 1.29 is 28.6 Å². The van der Waals surface area contributed by atoms with Gasteiger partial charge in [0.25, 0.3) is 0 Å². The molecule has 0 aromatic heterocycles. The van der Waals surface area contributed by atoms with Gasteiger partial charge in [-0.3, -0.25) is 4.79 Å². The van der Waals surface area contributed by atoms with Gasteiger partial charge in [0.2, 0.25) is 0 Å². The molecule has 1 aromatic rings. The van der Waals surface area contributed by atoms with Crippen molar-refractivity contribution in [2.75, 3.05) is 6.61 Å². The number of carbonyl (C=O) groups is 3. The van der Waals surface area contributed by atoms with E-state index in [1.165, 1.54) is 6.08 Å². The summed E-state index contributed by atoms with van der Waals surface area (Å²) in [4.78, 5) is 34.1. The number of carbonyl (C=O) groups excluding carboxylic acids is 3. The Hall–Kier alpha value is -2.63. The van der Waals surface area contributed by atoms with Gasteiger partial charge in [-0.25, -0.2) is 4.79 Å². The second-order valence-electron chi connectivity index (χ2n) is 7.79. The molecule has 1 aromatic carbocycles. The Morgan fingerprint density at radius 1 is 1.07 bits per heavy atom. The fourth-order valence-electron chi connectivity index (χ4n) is 3.51. The van der Waals surface area contributed by atoms with Gasteiger partial charge < -0.3 is 19.0 Å². The monoisotopic (exact) mass is 416 g/mol. The number of ether oxygens (including phenoxy) is 3. The van der Waals surface area contributed by atoms with Gasteiger partial charge in [-0.05, 0) is 82.6 Å². The molecule has 30 heavy (non-hydrogen) atoms. The third kappa shape index (κ3) is 8.39. The number of benzene rings is 1. The summed E-state index contributed by atoms with van der Waals surface area (Å²) in [5.41, 5.74) is 0. The average molecular weight is 417 g/mol. The van der Waals surface area contributed by atoms with Crippen molar-refractivity contribution in [2.24, 2.45) is 11.8 Å². The minimum Gasteiger partial charge on any atom is -0.491 e. The van der Waals surface area contributed by atoms with Gasteiger partial charge in [-0.2, -0.15) is 0 Å². The summed E-state index contributed by atoms with van der Waals surface area (Å²) < 4.78 is 16.3. The van der Waals surface area contributed by atoms with Crippen LogP contribution in [0.25, 0.3) is 0 Å². The molecule has 1 aliphatic carbocycles. The Labute approximate surface area is 178 Å². The second-order valence-corrected chi connectivity index (χ2v) is 7.79. The normalized spacial score (nSPS) is 19.4. The fourth-order valence-corrected chi connectivity index (χ4v) is 3.51. The van der Waals surface area contributed by atoms with E-state index in [9.17, 15) is 14.4 Å². The number of unbranched alkanes of at least 4 members (excludes halogenated alkanes) is 2. The smallest absolute Gasteiger partial charge is 0.330 e. The van der Waals surface area contributed by atoms with E-state index in [-0.39, 0.29) is 29.9 Å². The highest BCUT2D eigenvalue weighted by Gasteiger charge is 2.27. The molecule has 0 spiro atoms. The lowest BCUT2D eigenvalue weighted by Crippen LogP contribution is -2.26. The summed E-state index contributed by atoms with van der Waals surface area (Å²) in [6, 6.07) is 7.09. The maximum atomic E-state index is 12.3. The van der Waals surface area contributed by atoms with Crippen LogP contribution in [0.15, 0.2) is 36.9 Å². The van der Waals surface area contributed by atoms with Gasteiger partial charge in [-0.1, -0.05) is 6.58 Å². The molecule has 0 radical (unpaired) electrons. The highest BCUT2D eigenvalue weighted by atomic mass is 16.5. The van der Waals surface area contributed by atoms with E-state index in [2.05, 4.69) is 6.58 Å². The molecule has 1 atom stereocenters. The lowest BCUT2D eigenvalue weighted by atomic mass is 9.83. The van der Waals surface area contributed by atoms with Crippen LogP contribution < -0.4 is 9.47 Å². The molecular weight excluding hydrogens is 384 g/mol. The first-order valence-electron chi connectivity index (χ1n) is 10.7. The molecule has 6 nitrogen and oxygen atoms in total. The minimum absolute atomic E-state index is 0.0575. The Morgan fingerprint density at radius 3 is 2.37 bits per heavy atom. The Bertz CT molecular complexity index is 688. The summed E-state index contributed by atoms with van der Waals surface area (Å²) in [6.45, 7) is 5.79. The zero-order chi connectivity index (χ0) is 21.8. The fraction of sp³-hybridized carbons (Fsp3) is 0.542. The Kier molecular flexibility index (Phi) is 10.1. The zero-order valence-corrected chi connectivity index (χ0v) is 17.7. The van der Waals surface area contributed by atoms with E-state index in [1.807, 2.05) is 6.92 Å². The van der Waals surface area contributed by atoms with Crippen LogP contribution in [0.2, 0.25) is 0 Å². The SMILES string of the molecule is C=CC(=O)OCCCCCC(C)Oc1ccc(OC(=O)C2CCC(C=O)CC2)cc1. The van der Waals surface area contributed by atoms with E-state index in [0.29, 0.717) is 25.2 Å². The summed E-state index contributed by atoms with van der Waals surface area (Å²) in [5.74, 6) is 0.589. The number of hydrogen-bond acceptors (Lipinski definition) is 6. The van der Waals surface area contributed by atoms with E-state index in [4.69, 9.17) is 14.2 Å². The van der Waals surface area contributed by atoms with Crippen LogP contribution in [0.3, 0.4) is 0 Å². The van der Waals surface area contributed by atoms with Crippen molar-refractivity contribution in [1.29, 1.82) is 0 Å². The van der Waals surface area contributed by atoms with Crippen molar-refractivity contribution >= 4 is 18.2 Å². The largest absolute Gasteiger partial charge is 0.491 e. The third-order valence-corrected chi connectivity index (χ3v) is 5.34. The average Bonchev–Trinajstić information content (AvgIpc) is 2.77.